The molecule has 0 rings (SSSR count). The number of nitrogens with one attached hydrogen (secondary N) is 3. The smallest absolute Gasteiger partial charge is 0.326 e. The first-order valence-corrected chi connectivity index (χ1v) is 8.28. The van der Waals surface area contributed by atoms with Gasteiger partial charge in [-0.05, 0) is 12.3 Å². The Hall–Kier alpha value is -1.35. The van der Waals surface area contributed by atoms with Gasteiger partial charge in [0.1, 0.15) is 6.04 Å². The van der Waals surface area contributed by atoms with E-state index in [1.54, 1.807) is 6.92 Å². The van der Waals surface area contributed by atoms with Crippen molar-refractivity contribution in [3.63, 3.8) is 0 Å². The molecule has 0 saturated heterocycles. The molecule has 0 heterocycles. The van der Waals surface area contributed by atoms with Crippen molar-refractivity contribution < 1.29 is 23.1 Å². The molecule has 4 N–H and O–H groups in total. The van der Waals surface area contributed by atoms with Gasteiger partial charge in [-0.1, -0.05) is 20.3 Å². The van der Waals surface area contributed by atoms with E-state index in [4.69, 9.17) is 5.11 Å². The van der Waals surface area contributed by atoms with Gasteiger partial charge < -0.3 is 15.7 Å². The van der Waals surface area contributed by atoms with E-state index in [9.17, 15) is 18.0 Å². The van der Waals surface area contributed by atoms with Gasteiger partial charge in [0, 0.05) is 13.1 Å². The predicted octanol–water partition coefficient (Wildman–Crippen LogP) is -0.276. The van der Waals surface area contributed by atoms with Crippen LogP contribution >= 0.6 is 0 Å². The summed E-state index contributed by atoms with van der Waals surface area (Å²) in [6.07, 6.45) is 2.10. The van der Waals surface area contributed by atoms with Gasteiger partial charge in [-0.15, -0.1) is 0 Å². The third kappa shape index (κ3) is 8.70. The number of carbonyl (C=O) groups is 2. The zero-order valence-corrected chi connectivity index (χ0v) is 12.8. The Morgan fingerprint density at radius 3 is 2.30 bits per heavy atom. The van der Waals surface area contributed by atoms with Crippen LogP contribution in [0.3, 0.4) is 0 Å². The molecule has 2 atom stereocenters. The van der Waals surface area contributed by atoms with Gasteiger partial charge in [-0.2, -0.15) is 0 Å². The average molecular weight is 309 g/mol. The maximum atomic E-state index is 11.5. The summed E-state index contributed by atoms with van der Waals surface area (Å²) in [7, 11) is -3.23. The largest absolute Gasteiger partial charge is 0.480 e. The third-order valence-corrected chi connectivity index (χ3v) is 3.50. The maximum Gasteiger partial charge on any atom is 0.326 e. The first-order valence-electron chi connectivity index (χ1n) is 6.39. The number of urea groups is 1. The summed E-state index contributed by atoms with van der Waals surface area (Å²) >= 11 is 0. The molecule has 9 heteroatoms. The Labute approximate surface area is 119 Å². The van der Waals surface area contributed by atoms with Crippen molar-refractivity contribution in [1.82, 2.24) is 15.4 Å². The summed E-state index contributed by atoms with van der Waals surface area (Å²) in [5.41, 5.74) is 0. The summed E-state index contributed by atoms with van der Waals surface area (Å²) in [4.78, 5) is 22.5. The topological polar surface area (TPSA) is 125 Å². The molecule has 0 aromatic rings. The van der Waals surface area contributed by atoms with Gasteiger partial charge >= 0.3 is 12.0 Å². The van der Waals surface area contributed by atoms with Crippen LogP contribution in [0.1, 0.15) is 26.7 Å². The van der Waals surface area contributed by atoms with Crippen LogP contribution in [0, 0.1) is 5.92 Å². The standard InChI is InChI=1S/C11H23N3O5S/c1-4-8(2)9(10(15)16)14-11(17)12-6-5-7-13-20(3,18)19/h8-9,13H,4-7H2,1-3H3,(H,15,16)(H2,12,14,17)/t8?,9-/m0/s1. The maximum absolute atomic E-state index is 11.5. The lowest BCUT2D eigenvalue weighted by molar-refractivity contribution is -0.140. The van der Waals surface area contributed by atoms with Gasteiger partial charge in [0.25, 0.3) is 0 Å². The molecule has 0 saturated carbocycles. The van der Waals surface area contributed by atoms with Crippen molar-refractivity contribution in [2.24, 2.45) is 5.92 Å². The SMILES string of the molecule is CCC(C)[C@H](NC(=O)NCCCNS(C)(=O)=O)C(=O)O. The Kier molecular flexibility index (Phi) is 8.16. The van der Waals surface area contributed by atoms with Gasteiger partial charge in [0.15, 0.2) is 0 Å². The van der Waals surface area contributed by atoms with Crippen molar-refractivity contribution in [2.75, 3.05) is 19.3 Å². The van der Waals surface area contributed by atoms with Crippen LogP contribution < -0.4 is 15.4 Å². The summed E-state index contributed by atoms with van der Waals surface area (Å²) < 4.78 is 23.8. The number of hydrogen-bond donors (Lipinski definition) is 4. The fourth-order valence-corrected chi connectivity index (χ4v) is 1.94. The van der Waals surface area contributed by atoms with E-state index < -0.39 is 28.1 Å². The highest BCUT2D eigenvalue weighted by Crippen LogP contribution is 2.07. The minimum Gasteiger partial charge on any atom is -0.480 e. The van der Waals surface area contributed by atoms with Crippen molar-refractivity contribution >= 4 is 22.0 Å². The highest BCUT2D eigenvalue weighted by molar-refractivity contribution is 7.88. The molecule has 1 unspecified atom stereocenters. The quantitative estimate of drug-likeness (QED) is 0.436. The van der Waals surface area contributed by atoms with Crippen LogP contribution in [0.5, 0.6) is 0 Å². The molecule has 0 fully saturated rings. The molecule has 0 aliphatic heterocycles. The minimum atomic E-state index is -3.23. The van der Waals surface area contributed by atoms with Crippen LogP contribution in [0.2, 0.25) is 0 Å². The number of aliphatic carboxylic acids is 1. The first-order chi connectivity index (χ1) is 9.17. The van der Waals surface area contributed by atoms with E-state index in [0.717, 1.165) is 6.26 Å². The van der Waals surface area contributed by atoms with Gasteiger partial charge in [-0.3, -0.25) is 0 Å². The highest BCUT2D eigenvalue weighted by atomic mass is 32.2. The van der Waals surface area contributed by atoms with Crippen molar-refractivity contribution in [3.05, 3.63) is 0 Å². The second-order valence-electron chi connectivity index (χ2n) is 4.62. The Morgan fingerprint density at radius 1 is 1.25 bits per heavy atom. The monoisotopic (exact) mass is 309 g/mol. The molecule has 2 amide bonds. The fourth-order valence-electron chi connectivity index (χ4n) is 1.42. The van der Waals surface area contributed by atoms with Crippen LogP contribution in [0.25, 0.3) is 0 Å². The number of carboxylic acids is 1. The van der Waals surface area contributed by atoms with Crippen LogP contribution in [-0.4, -0.2) is 50.9 Å². The van der Waals surface area contributed by atoms with Crippen molar-refractivity contribution in [3.8, 4) is 0 Å². The number of sulfonamides is 1. The molecular weight excluding hydrogens is 286 g/mol. The van der Waals surface area contributed by atoms with E-state index in [1.807, 2.05) is 6.92 Å². The molecule has 0 aromatic heterocycles. The second kappa shape index (κ2) is 8.75. The second-order valence-corrected chi connectivity index (χ2v) is 6.45. The normalized spacial score (nSPS) is 14.3. The number of hydrogen-bond acceptors (Lipinski definition) is 4. The Morgan fingerprint density at radius 2 is 1.85 bits per heavy atom. The molecule has 0 spiro atoms. The molecule has 0 bridgehead atoms. The molecule has 0 aromatic carbocycles. The van der Waals surface area contributed by atoms with Crippen molar-refractivity contribution in [2.45, 2.75) is 32.7 Å². The molecule has 118 valence electrons. The van der Waals surface area contributed by atoms with E-state index >= 15 is 0 Å². The molecule has 20 heavy (non-hydrogen) atoms. The Balaban J connectivity index is 4.00. The number of carboxylic acid groups (broad SMARTS) is 1. The van der Waals surface area contributed by atoms with Gasteiger partial charge in [0.2, 0.25) is 10.0 Å². The lowest BCUT2D eigenvalue weighted by Crippen LogP contribution is -2.49. The lowest BCUT2D eigenvalue weighted by Gasteiger charge is -2.20. The summed E-state index contributed by atoms with van der Waals surface area (Å²) in [5, 5.41) is 13.9. The average Bonchev–Trinajstić information content (AvgIpc) is 2.32. The molecular formula is C11H23N3O5S. The van der Waals surface area contributed by atoms with Crippen molar-refractivity contribution in [1.29, 1.82) is 0 Å². The predicted molar refractivity (Wildman–Crippen MR) is 74.9 cm³/mol. The first kappa shape index (κ1) is 18.7. The number of amides is 2. The van der Waals surface area contributed by atoms with Gasteiger partial charge in [-0.25, -0.2) is 22.7 Å². The summed E-state index contributed by atoms with van der Waals surface area (Å²) in [6, 6.07) is -1.51. The highest BCUT2D eigenvalue weighted by Gasteiger charge is 2.24. The minimum absolute atomic E-state index is 0.176. The number of rotatable bonds is 9. The van der Waals surface area contributed by atoms with E-state index in [2.05, 4.69) is 15.4 Å². The lowest BCUT2D eigenvalue weighted by atomic mass is 9.99. The third-order valence-electron chi connectivity index (χ3n) is 2.77. The van der Waals surface area contributed by atoms with Crippen LogP contribution in [-0.2, 0) is 14.8 Å². The van der Waals surface area contributed by atoms with Crippen LogP contribution in [0.4, 0.5) is 4.79 Å². The summed E-state index contributed by atoms with van der Waals surface area (Å²) in [6.45, 7) is 4.06. The zero-order valence-electron chi connectivity index (χ0n) is 12.0. The molecule has 0 aliphatic carbocycles. The Bertz CT molecular complexity index is 424. The number of carbonyl (C=O) groups excluding carboxylic acids is 1. The summed E-state index contributed by atoms with van der Waals surface area (Å²) in [5.74, 6) is -1.25. The zero-order chi connectivity index (χ0) is 15.8. The fraction of sp³-hybridized carbons (Fsp3) is 0.818. The molecule has 0 radical (unpaired) electrons. The van der Waals surface area contributed by atoms with Gasteiger partial charge in [0.05, 0.1) is 6.26 Å². The van der Waals surface area contributed by atoms with E-state index in [0.29, 0.717) is 12.8 Å². The van der Waals surface area contributed by atoms with Crippen LogP contribution in [0.15, 0.2) is 0 Å². The molecule has 8 nitrogen and oxygen atoms in total. The molecule has 0 aliphatic rings. The van der Waals surface area contributed by atoms with E-state index in [1.165, 1.54) is 0 Å². The van der Waals surface area contributed by atoms with E-state index in [-0.39, 0.29) is 19.0 Å².